The van der Waals surface area contributed by atoms with Crippen LogP contribution < -0.4 is 0 Å². The smallest absolute Gasteiger partial charge is 0.0547 e. The molecule has 0 fully saturated rings. The zero-order valence-corrected chi connectivity index (χ0v) is 37.1. The average molecular weight is 863 g/mol. The minimum absolute atomic E-state index is 1.15. The summed E-state index contributed by atoms with van der Waals surface area (Å²) >= 11 is 0. The van der Waals surface area contributed by atoms with Gasteiger partial charge in [0.2, 0.25) is 0 Å². The zero-order valence-electron chi connectivity index (χ0n) is 37.1. The van der Waals surface area contributed by atoms with Crippen LogP contribution >= 0.6 is 0 Å². The Morgan fingerprint density at radius 1 is 0.221 bits per heavy atom. The molecule has 0 N–H and O–H groups in total. The molecule has 2 heterocycles. The summed E-state index contributed by atoms with van der Waals surface area (Å²) in [5.74, 6) is 0. The maximum Gasteiger partial charge on any atom is 0.0547 e. The minimum atomic E-state index is 1.15. The van der Waals surface area contributed by atoms with Crippen molar-refractivity contribution in [1.29, 1.82) is 0 Å². The van der Waals surface area contributed by atoms with Crippen LogP contribution in [0.25, 0.3) is 132 Å². The van der Waals surface area contributed by atoms with Gasteiger partial charge in [0.1, 0.15) is 0 Å². The fourth-order valence-electron chi connectivity index (χ4n) is 11.5. The Labute approximate surface area is 393 Å². The predicted octanol–water partition coefficient (Wildman–Crippen LogP) is 18.0. The summed E-state index contributed by atoms with van der Waals surface area (Å²) in [5, 5.41) is 12.4. The van der Waals surface area contributed by atoms with E-state index in [9.17, 15) is 0 Å². The van der Waals surface area contributed by atoms with Crippen LogP contribution in [0.1, 0.15) is 0 Å². The second-order valence-corrected chi connectivity index (χ2v) is 17.9. The summed E-state index contributed by atoms with van der Waals surface area (Å²) < 4.78 is 4.84. The van der Waals surface area contributed by atoms with E-state index in [1.165, 1.54) is 120 Å². The molecular formula is C66H42N2. The van der Waals surface area contributed by atoms with Crippen LogP contribution in [0.2, 0.25) is 0 Å². The number of hydrogen-bond donors (Lipinski definition) is 0. The highest BCUT2D eigenvalue weighted by Gasteiger charge is 2.23. The zero-order chi connectivity index (χ0) is 44.7. The van der Waals surface area contributed by atoms with E-state index < -0.39 is 0 Å². The third-order valence-electron chi connectivity index (χ3n) is 14.3. The highest BCUT2D eigenvalue weighted by atomic mass is 15.0. The Balaban J connectivity index is 1.13. The Kier molecular flexibility index (Phi) is 8.62. The monoisotopic (exact) mass is 862 g/mol. The molecule has 14 aromatic rings. The summed E-state index contributed by atoms with van der Waals surface area (Å²) in [6.45, 7) is 0. The molecule has 0 spiro atoms. The van der Waals surface area contributed by atoms with Gasteiger partial charge < -0.3 is 9.13 Å². The van der Waals surface area contributed by atoms with E-state index in [-0.39, 0.29) is 0 Å². The number of aromatic nitrogens is 2. The lowest BCUT2D eigenvalue weighted by Crippen LogP contribution is -1.94. The van der Waals surface area contributed by atoms with Gasteiger partial charge in [-0.1, -0.05) is 188 Å². The van der Waals surface area contributed by atoms with Gasteiger partial charge >= 0.3 is 0 Å². The van der Waals surface area contributed by atoms with Gasteiger partial charge in [0, 0.05) is 32.9 Å². The SMILES string of the molecule is c1ccc(-c2cc(-c3c4cccc(-c5cccc6c5c5ccccc5n6-c5ccccc5)c4cc4c(-c5cccc6c5c5ccccc5n6-c5ccccc5)cccc34)cc3ccccc23)cc1. The van der Waals surface area contributed by atoms with E-state index in [0.29, 0.717) is 0 Å². The number of hydrogen-bond acceptors (Lipinski definition) is 0. The Hall–Kier alpha value is -8.98. The van der Waals surface area contributed by atoms with Gasteiger partial charge in [0.25, 0.3) is 0 Å². The first-order valence-electron chi connectivity index (χ1n) is 23.5. The summed E-state index contributed by atoms with van der Waals surface area (Å²) in [6, 6.07) is 94.0. The third kappa shape index (κ3) is 5.78. The van der Waals surface area contributed by atoms with Crippen LogP contribution in [0.5, 0.6) is 0 Å². The molecule has 0 aliphatic rings. The van der Waals surface area contributed by atoms with Gasteiger partial charge in [-0.25, -0.2) is 0 Å². The molecule has 2 heteroatoms. The molecule has 0 unspecified atom stereocenters. The van der Waals surface area contributed by atoms with Crippen molar-refractivity contribution in [3.8, 4) is 55.9 Å². The second-order valence-electron chi connectivity index (χ2n) is 17.9. The molecule has 0 aliphatic carbocycles. The Morgan fingerprint density at radius 3 is 1.18 bits per heavy atom. The predicted molar refractivity (Wildman–Crippen MR) is 289 cm³/mol. The molecule has 2 nitrogen and oxygen atoms in total. The molecule has 0 saturated carbocycles. The van der Waals surface area contributed by atoms with Gasteiger partial charge in [0.15, 0.2) is 0 Å². The fraction of sp³-hybridized carbons (Fsp3) is 0. The van der Waals surface area contributed by atoms with Crippen molar-refractivity contribution in [1.82, 2.24) is 9.13 Å². The standard InChI is InChI=1S/C66H42N2/c1-4-20-43(21-5-1)57-41-45(40-44-22-10-11-27-48(44)57)64-53-32-16-30-49(51-34-18-38-62-65(51)55-28-12-14-36-60(55)67(62)46-23-6-2-7-24-46)58(53)42-59-50(31-17-33-54(59)64)52-35-19-39-63-66(52)56-29-13-15-37-61(56)68(63)47-25-8-3-9-26-47/h1-42H. The molecule has 14 rings (SSSR count). The van der Waals surface area contributed by atoms with E-state index >= 15 is 0 Å². The molecule has 0 bridgehead atoms. The van der Waals surface area contributed by atoms with Crippen LogP contribution in [-0.4, -0.2) is 9.13 Å². The van der Waals surface area contributed by atoms with Gasteiger partial charge in [-0.2, -0.15) is 0 Å². The van der Waals surface area contributed by atoms with E-state index in [1.807, 2.05) is 0 Å². The summed E-state index contributed by atoms with van der Waals surface area (Å²) in [6.07, 6.45) is 0. The normalized spacial score (nSPS) is 11.8. The van der Waals surface area contributed by atoms with Gasteiger partial charge in [-0.05, 0) is 144 Å². The summed E-state index contributed by atoms with van der Waals surface area (Å²) in [4.78, 5) is 0. The van der Waals surface area contributed by atoms with Crippen molar-refractivity contribution in [2.75, 3.05) is 0 Å². The average Bonchev–Trinajstić information content (AvgIpc) is 3.94. The fourth-order valence-corrected chi connectivity index (χ4v) is 11.5. The van der Waals surface area contributed by atoms with Crippen LogP contribution in [0.4, 0.5) is 0 Å². The molecule has 0 saturated heterocycles. The van der Waals surface area contributed by atoms with Crippen molar-refractivity contribution in [2.24, 2.45) is 0 Å². The number of fused-ring (bicyclic) bond motifs is 9. The van der Waals surface area contributed by atoms with Crippen LogP contribution in [0, 0.1) is 0 Å². The quantitative estimate of drug-likeness (QED) is 0.147. The number of para-hydroxylation sites is 4. The van der Waals surface area contributed by atoms with E-state index in [2.05, 4.69) is 264 Å². The first-order chi connectivity index (χ1) is 33.8. The maximum atomic E-state index is 2.50. The van der Waals surface area contributed by atoms with Crippen molar-refractivity contribution in [2.45, 2.75) is 0 Å². The summed E-state index contributed by atoms with van der Waals surface area (Å²) in [7, 11) is 0. The largest absolute Gasteiger partial charge is 0.309 e. The van der Waals surface area contributed by atoms with Crippen molar-refractivity contribution in [3.63, 3.8) is 0 Å². The maximum absolute atomic E-state index is 2.50. The lowest BCUT2D eigenvalue weighted by Gasteiger charge is -2.19. The topological polar surface area (TPSA) is 9.86 Å². The molecule has 0 radical (unpaired) electrons. The van der Waals surface area contributed by atoms with Crippen LogP contribution in [0.3, 0.4) is 0 Å². The highest BCUT2D eigenvalue weighted by Crippen LogP contribution is 2.48. The van der Waals surface area contributed by atoms with Crippen molar-refractivity contribution >= 4 is 75.9 Å². The molecule has 0 aliphatic heterocycles. The first kappa shape index (κ1) is 38.3. The Morgan fingerprint density at radius 2 is 0.632 bits per heavy atom. The lowest BCUT2D eigenvalue weighted by atomic mass is 9.84. The minimum Gasteiger partial charge on any atom is -0.309 e. The van der Waals surface area contributed by atoms with Crippen molar-refractivity contribution in [3.05, 3.63) is 255 Å². The van der Waals surface area contributed by atoms with Crippen LogP contribution in [-0.2, 0) is 0 Å². The molecule has 316 valence electrons. The molecule has 0 amide bonds. The molecule has 68 heavy (non-hydrogen) atoms. The lowest BCUT2D eigenvalue weighted by molar-refractivity contribution is 1.18. The Bertz CT molecular complexity index is 4080. The van der Waals surface area contributed by atoms with Gasteiger partial charge in [-0.15, -0.1) is 0 Å². The second kappa shape index (κ2) is 15.3. The molecule has 2 aromatic heterocycles. The molecule has 0 atom stereocenters. The number of rotatable bonds is 6. The third-order valence-corrected chi connectivity index (χ3v) is 14.3. The number of benzene rings is 12. The highest BCUT2D eigenvalue weighted by molar-refractivity contribution is 6.25. The van der Waals surface area contributed by atoms with E-state index in [1.54, 1.807) is 0 Å². The van der Waals surface area contributed by atoms with E-state index in [4.69, 9.17) is 0 Å². The van der Waals surface area contributed by atoms with Gasteiger partial charge in [-0.3, -0.25) is 0 Å². The van der Waals surface area contributed by atoms with Crippen molar-refractivity contribution < 1.29 is 0 Å². The van der Waals surface area contributed by atoms with Gasteiger partial charge in [0.05, 0.1) is 22.1 Å². The van der Waals surface area contributed by atoms with Crippen LogP contribution in [0.15, 0.2) is 255 Å². The molecular weight excluding hydrogens is 821 g/mol. The van der Waals surface area contributed by atoms with E-state index in [0.717, 1.165) is 11.4 Å². The molecule has 12 aromatic carbocycles. The first-order valence-corrected chi connectivity index (χ1v) is 23.5. The number of nitrogens with zero attached hydrogens (tertiary/aromatic N) is 2. The summed E-state index contributed by atoms with van der Waals surface area (Å²) in [5.41, 5.74) is 16.8.